The summed E-state index contributed by atoms with van der Waals surface area (Å²) >= 11 is 0. The SMILES string of the molecule is CCCCCCCCCC(CCCCCC)C(=O)OCCCCCCC(O)(CCCCCCOC(=O)C(CCCCCC)CCCCCCCCC)CCCCOC(=O)C1CCN(C)CC1. The average Bonchev–Trinajstić information content (AvgIpc) is 3.31. The van der Waals surface area contributed by atoms with Crippen LogP contribution in [0.5, 0.6) is 0 Å². The molecule has 1 heterocycles. The Morgan fingerprint density at radius 2 is 0.727 bits per heavy atom. The van der Waals surface area contributed by atoms with Gasteiger partial charge in [0, 0.05) is 0 Å². The van der Waals surface area contributed by atoms with Crippen molar-refractivity contribution in [1.82, 2.24) is 4.90 Å². The van der Waals surface area contributed by atoms with Gasteiger partial charge in [0.2, 0.25) is 0 Å². The van der Waals surface area contributed by atoms with Gasteiger partial charge in [0.15, 0.2) is 0 Å². The van der Waals surface area contributed by atoms with Crippen molar-refractivity contribution in [1.29, 1.82) is 0 Å². The number of carbonyl (C=O) groups excluding carboxylic acids is 3. The fourth-order valence-electron chi connectivity index (χ4n) is 9.96. The van der Waals surface area contributed by atoms with Crippen LogP contribution in [0.3, 0.4) is 0 Å². The second kappa shape index (κ2) is 44.5. The second-order valence-corrected chi connectivity index (χ2v) is 21.0. The monoisotopic (exact) mass is 934 g/mol. The first-order chi connectivity index (χ1) is 32.2. The van der Waals surface area contributed by atoms with Crippen LogP contribution in [0.4, 0.5) is 0 Å². The topological polar surface area (TPSA) is 102 Å². The Morgan fingerprint density at radius 1 is 0.439 bits per heavy atom. The van der Waals surface area contributed by atoms with Crippen molar-refractivity contribution in [3.63, 3.8) is 0 Å². The standard InChI is InChI=1S/C58H111NO7/c1-6-10-14-18-20-22-30-40-52(38-28-16-12-8-3)55(60)64-49-35-26-24-32-44-58(63,46-34-37-51-66-57(62)54-42-47-59(5)48-43-54)45-33-25-27-36-50-65-56(61)53(39-29-17-13-9-4)41-31-23-21-19-15-11-7-2/h52-54,63H,6-51H2,1-5H3. The number of rotatable bonds is 48. The number of nitrogens with zero attached hydrogens (tertiary/aromatic N) is 1. The summed E-state index contributed by atoms with van der Waals surface area (Å²) in [4.78, 5) is 41.3. The molecule has 2 unspecified atom stereocenters. The van der Waals surface area contributed by atoms with Gasteiger partial charge in [-0.25, -0.2) is 0 Å². The van der Waals surface area contributed by atoms with Gasteiger partial charge >= 0.3 is 17.9 Å². The minimum atomic E-state index is -0.737. The van der Waals surface area contributed by atoms with Crippen molar-refractivity contribution in [2.45, 2.75) is 297 Å². The van der Waals surface area contributed by atoms with Crippen molar-refractivity contribution in [3.8, 4) is 0 Å². The number of hydrogen-bond donors (Lipinski definition) is 1. The van der Waals surface area contributed by atoms with Crippen LogP contribution in [0.2, 0.25) is 0 Å². The predicted octanol–water partition coefficient (Wildman–Crippen LogP) is 16.2. The van der Waals surface area contributed by atoms with Crippen molar-refractivity contribution >= 4 is 17.9 Å². The van der Waals surface area contributed by atoms with Crippen LogP contribution in [-0.2, 0) is 28.6 Å². The van der Waals surface area contributed by atoms with E-state index < -0.39 is 5.60 Å². The van der Waals surface area contributed by atoms with E-state index in [0.29, 0.717) is 26.2 Å². The molecule has 1 aliphatic heterocycles. The van der Waals surface area contributed by atoms with E-state index in [1.54, 1.807) is 0 Å². The molecule has 1 fully saturated rings. The quantitative estimate of drug-likeness (QED) is 0.0366. The number of ether oxygens (including phenoxy) is 3. The maximum Gasteiger partial charge on any atom is 0.309 e. The van der Waals surface area contributed by atoms with Crippen molar-refractivity contribution < 1.29 is 33.7 Å². The predicted molar refractivity (Wildman–Crippen MR) is 278 cm³/mol. The molecule has 8 heteroatoms. The molecule has 1 saturated heterocycles. The van der Waals surface area contributed by atoms with Crippen LogP contribution in [0.1, 0.15) is 291 Å². The van der Waals surface area contributed by atoms with Gasteiger partial charge in [0.25, 0.3) is 0 Å². The molecule has 2 atom stereocenters. The molecule has 1 aliphatic rings. The summed E-state index contributed by atoms with van der Waals surface area (Å²) in [5, 5.41) is 12.0. The first kappa shape index (κ1) is 62.3. The maximum absolute atomic E-state index is 13.2. The normalized spacial score (nSPS) is 15.4. The Morgan fingerprint density at radius 3 is 1.12 bits per heavy atom. The van der Waals surface area contributed by atoms with Gasteiger partial charge in [-0.2, -0.15) is 0 Å². The molecule has 0 aromatic carbocycles. The largest absolute Gasteiger partial charge is 0.465 e. The Labute approximate surface area is 409 Å². The Balaban J connectivity index is 2.56. The van der Waals surface area contributed by atoms with Crippen LogP contribution in [0.25, 0.3) is 0 Å². The van der Waals surface area contributed by atoms with Crippen LogP contribution in [0, 0.1) is 17.8 Å². The third-order valence-electron chi connectivity index (χ3n) is 14.7. The first-order valence-corrected chi connectivity index (χ1v) is 29.1. The minimum Gasteiger partial charge on any atom is -0.465 e. The molecule has 0 aromatic heterocycles. The van der Waals surface area contributed by atoms with Gasteiger partial charge in [-0.05, 0) is 104 Å². The van der Waals surface area contributed by atoms with Crippen LogP contribution >= 0.6 is 0 Å². The minimum absolute atomic E-state index is 0.0165. The Kier molecular flexibility index (Phi) is 42.1. The molecule has 0 saturated carbocycles. The Bertz CT molecular complexity index is 1050. The van der Waals surface area contributed by atoms with E-state index >= 15 is 0 Å². The maximum atomic E-state index is 13.2. The summed E-state index contributed by atoms with van der Waals surface area (Å²) in [6, 6.07) is 0. The second-order valence-electron chi connectivity index (χ2n) is 21.0. The number of unbranched alkanes of at least 4 members (excludes halogenated alkanes) is 25. The summed E-state index contributed by atoms with van der Waals surface area (Å²) in [5.41, 5.74) is -0.737. The third-order valence-corrected chi connectivity index (χ3v) is 14.7. The van der Waals surface area contributed by atoms with E-state index in [0.717, 1.165) is 154 Å². The highest BCUT2D eigenvalue weighted by atomic mass is 16.5. The molecule has 390 valence electrons. The summed E-state index contributed by atoms with van der Waals surface area (Å²) in [7, 11) is 2.10. The summed E-state index contributed by atoms with van der Waals surface area (Å²) in [6.07, 6.45) is 44.3. The summed E-state index contributed by atoms with van der Waals surface area (Å²) < 4.78 is 17.4. The average molecular weight is 935 g/mol. The molecule has 66 heavy (non-hydrogen) atoms. The summed E-state index contributed by atoms with van der Waals surface area (Å²) in [5.74, 6) is 0.0836. The lowest BCUT2D eigenvalue weighted by molar-refractivity contribution is -0.150. The number of esters is 3. The molecule has 0 bridgehead atoms. The molecule has 8 nitrogen and oxygen atoms in total. The van der Waals surface area contributed by atoms with E-state index in [-0.39, 0.29) is 35.7 Å². The lowest BCUT2D eigenvalue weighted by Crippen LogP contribution is -2.34. The van der Waals surface area contributed by atoms with E-state index in [4.69, 9.17) is 14.2 Å². The molecule has 1 rings (SSSR count). The van der Waals surface area contributed by atoms with E-state index in [9.17, 15) is 19.5 Å². The van der Waals surface area contributed by atoms with Gasteiger partial charge in [-0.1, -0.05) is 207 Å². The third kappa shape index (κ3) is 35.4. The van der Waals surface area contributed by atoms with Crippen molar-refractivity contribution in [2.75, 3.05) is 40.0 Å². The van der Waals surface area contributed by atoms with Gasteiger partial charge in [-0.3, -0.25) is 14.4 Å². The molecule has 0 aromatic rings. The highest BCUT2D eigenvalue weighted by Gasteiger charge is 2.27. The Hall–Kier alpha value is -1.67. The van der Waals surface area contributed by atoms with Crippen molar-refractivity contribution in [3.05, 3.63) is 0 Å². The molecular weight excluding hydrogens is 823 g/mol. The molecule has 0 radical (unpaired) electrons. The highest BCUT2D eigenvalue weighted by Crippen LogP contribution is 2.29. The zero-order valence-electron chi connectivity index (χ0n) is 44.6. The molecule has 0 spiro atoms. The fourth-order valence-corrected chi connectivity index (χ4v) is 9.96. The zero-order valence-corrected chi connectivity index (χ0v) is 44.6. The van der Waals surface area contributed by atoms with E-state index in [1.165, 1.54) is 116 Å². The molecular formula is C58H111NO7. The van der Waals surface area contributed by atoms with Crippen molar-refractivity contribution in [2.24, 2.45) is 17.8 Å². The highest BCUT2D eigenvalue weighted by molar-refractivity contribution is 5.73. The number of aliphatic hydroxyl groups is 1. The lowest BCUT2D eigenvalue weighted by Gasteiger charge is -2.29. The van der Waals surface area contributed by atoms with E-state index in [2.05, 4.69) is 39.6 Å². The van der Waals surface area contributed by atoms with Crippen LogP contribution < -0.4 is 0 Å². The number of hydrogen-bond acceptors (Lipinski definition) is 8. The first-order valence-electron chi connectivity index (χ1n) is 29.1. The fraction of sp³-hybridized carbons (Fsp3) is 0.948. The van der Waals surface area contributed by atoms with Crippen LogP contribution in [0.15, 0.2) is 0 Å². The lowest BCUT2D eigenvalue weighted by atomic mass is 9.85. The molecule has 1 N–H and O–H groups in total. The zero-order chi connectivity index (χ0) is 48.2. The van der Waals surface area contributed by atoms with Gasteiger partial charge in [0.1, 0.15) is 0 Å². The van der Waals surface area contributed by atoms with Gasteiger partial charge in [-0.15, -0.1) is 0 Å². The number of piperidine rings is 1. The smallest absolute Gasteiger partial charge is 0.309 e. The van der Waals surface area contributed by atoms with E-state index in [1.807, 2.05) is 0 Å². The molecule has 0 aliphatic carbocycles. The number of carbonyl (C=O) groups is 3. The molecule has 0 amide bonds. The van der Waals surface area contributed by atoms with Crippen LogP contribution in [-0.4, -0.2) is 73.5 Å². The van der Waals surface area contributed by atoms with Gasteiger partial charge < -0.3 is 24.2 Å². The van der Waals surface area contributed by atoms with Gasteiger partial charge in [0.05, 0.1) is 43.2 Å². The number of likely N-dealkylation sites (tertiary alicyclic amines) is 1. The summed E-state index contributed by atoms with van der Waals surface area (Å²) in [6.45, 7) is 12.3.